The second-order valence-corrected chi connectivity index (χ2v) is 4.55. The zero-order valence-electron chi connectivity index (χ0n) is 8.79. The van der Waals surface area contributed by atoms with Gasteiger partial charge in [-0.2, -0.15) is 0 Å². The van der Waals surface area contributed by atoms with Crippen molar-refractivity contribution in [2.75, 3.05) is 6.61 Å². The molecule has 80 valence electrons. The maximum absolute atomic E-state index is 11.8. The third-order valence-corrected chi connectivity index (χ3v) is 3.35. The van der Waals surface area contributed by atoms with Crippen molar-refractivity contribution >= 4 is 5.91 Å². The molecule has 1 amide bonds. The molecule has 14 heavy (non-hydrogen) atoms. The molecule has 1 heterocycles. The van der Waals surface area contributed by atoms with Gasteiger partial charge in [0, 0.05) is 12.6 Å². The van der Waals surface area contributed by atoms with E-state index >= 15 is 0 Å². The number of amides is 1. The molecule has 0 aromatic carbocycles. The van der Waals surface area contributed by atoms with Crippen molar-refractivity contribution in [2.24, 2.45) is 5.92 Å². The minimum Gasteiger partial charge on any atom is -0.368 e. The van der Waals surface area contributed by atoms with E-state index in [9.17, 15) is 4.79 Å². The Balaban J connectivity index is 1.82. The van der Waals surface area contributed by atoms with Crippen molar-refractivity contribution in [2.45, 2.75) is 51.2 Å². The molecule has 0 bridgehead atoms. The third kappa shape index (κ3) is 2.08. The van der Waals surface area contributed by atoms with Gasteiger partial charge in [-0.1, -0.05) is 19.8 Å². The van der Waals surface area contributed by atoms with Gasteiger partial charge in [-0.05, 0) is 25.2 Å². The van der Waals surface area contributed by atoms with Crippen molar-refractivity contribution < 1.29 is 9.53 Å². The van der Waals surface area contributed by atoms with Crippen molar-refractivity contribution in [1.82, 2.24) is 5.32 Å². The van der Waals surface area contributed by atoms with Crippen LogP contribution in [0.1, 0.15) is 39.0 Å². The first-order valence-corrected chi connectivity index (χ1v) is 5.69. The van der Waals surface area contributed by atoms with Crippen LogP contribution >= 0.6 is 0 Å². The van der Waals surface area contributed by atoms with Gasteiger partial charge in [0.05, 0.1) is 0 Å². The van der Waals surface area contributed by atoms with Crippen molar-refractivity contribution in [3.05, 3.63) is 0 Å². The summed E-state index contributed by atoms with van der Waals surface area (Å²) in [6, 6.07) is 0.416. The van der Waals surface area contributed by atoms with Gasteiger partial charge in [-0.15, -0.1) is 0 Å². The number of carbonyl (C=O) groups excluding carboxylic acids is 1. The molecular weight excluding hydrogens is 178 g/mol. The lowest BCUT2D eigenvalue weighted by atomic mass is 10.0. The fourth-order valence-corrected chi connectivity index (χ4v) is 2.38. The minimum absolute atomic E-state index is 0.113. The lowest BCUT2D eigenvalue weighted by molar-refractivity contribution is -0.132. The Labute approximate surface area is 85.2 Å². The predicted octanol–water partition coefficient (Wildman–Crippen LogP) is 1.47. The summed E-state index contributed by atoms with van der Waals surface area (Å²) in [7, 11) is 0. The molecule has 2 aliphatic rings. The molecule has 0 spiro atoms. The van der Waals surface area contributed by atoms with Crippen LogP contribution in [0.25, 0.3) is 0 Å². The standard InChI is InChI=1S/C11H19NO2/c1-8-6-7-14-10(8)11(13)12-9-4-2-3-5-9/h8-10H,2-7H2,1H3,(H,12,13). The van der Waals surface area contributed by atoms with Crippen LogP contribution in [0.5, 0.6) is 0 Å². The molecule has 2 atom stereocenters. The molecule has 0 aromatic heterocycles. The second kappa shape index (κ2) is 4.30. The zero-order chi connectivity index (χ0) is 9.97. The van der Waals surface area contributed by atoms with Crippen LogP contribution in [-0.4, -0.2) is 24.7 Å². The number of hydrogen-bond donors (Lipinski definition) is 1. The van der Waals surface area contributed by atoms with Crippen LogP contribution in [0, 0.1) is 5.92 Å². The lowest BCUT2D eigenvalue weighted by Gasteiger charge is -2.18. The summed E-state index contributed by atoms with van der Waals surface area (Å²) >= 11 is 0. The number of nitrogens with one attached hydrogen (secondary N) is 1. The largest absolute Gasteiger partial charge is 0.368 e. The van der Waals surface area contributed by atoms with E-state index in [1.807, 2.05) is 0 Å². The van der Waals surface area contributed by atoms with E-state index in [2.05, 4.69) is 12.2 Å². The topological polar surface area (TPSA) is 38.3 Å². The summed E-state index contributed by atoms with van der Waals surface area (Å²) in [5, 5.41) is 3.09. The average molecular weight is 197 g/mol. The fourth-order valence-electron chi connectivity index (χ4n) is 2.38. The Hall–Kier alpha value is -0.570. The molecule has 2 fully saturated rings. The molecule has 2 unspecified atom stereocenters. The van der Waals surface area contributed by atoms with E-state index in [1.54, 1.807) is 0 Å². The molecule has 0 radical (unpaired) electrons. The van der Waals surface area contributed by atoms with E-state index < -0.39 is 0 Å². The Kier molecular flexibility index (Phi) is 3.06. The van der Waals surface area contributed by atoms with Gasteiger partial charge >= 0.3 is 0 Å². The SMILES string of the molecule is CC1CCOC1C(=O)NC1CCCC1. The highest BCUT2D eigenvalue weighted by Crippen LogP contribution is 2.22. The molecule has 1 aliphatic carbocycles. The number of hydrogen-bond acceptors (Lipinski definition) is 2. The normalized spacial score (nSPS) is 33.5. The summed E-state index contributed by atoms with van der Waals surface area (Å²) in [5.74, 6) is 0.498. The molecule has 3 heteroatoms. The van der Waals surface area contributed by atoms with Crippen molar-refractivity contribution in [3.63, 3.8) is 0 Å². The first-order valence-electron chi connectivity index (χ1n) is 5.69. The quantitative estimate of drug-likeness (QED) is 0.728. The third-order valence-electron chi connectivity index (χ3n) is 3.35. The Bertz CT molecular complexity index is 211. The minimum atomic E-state index is -0.185. The maximum Gasteiger partial charge on any atom is 0.249 e. The van der Waals surface area contributed by atoms with Crippen molar-refractivity contribution in [1.29, 1.82) is 0 Å². The first-order chi connectivity index (χ1) is 6.77. The van der Waals surface area contributed by atoms with Crippen LogP contribution in [-0.2, 0) is 9.53 Å². The van der Waals surface area contributed by atoms with Gasteiger partial charge in [0.1, 0.15) is 6.10 Å². The molecule has 1 saturated carbocycles. The average Bonchev–Trinajstić information content (AvgIpc) is 2.75. The zero-order valence-corrected chi connectivity index (χ0v) is 8.79. The summed E-state index contributed by atoms with van der Waals surface area (Å²) in [5.41, 5.74) is 0. The molecule has 2 rings (SSSR count). The fraction of sp³-hybridized carbons (Fsp3) is 0.909. The van der Waals surface area contributed by atoms with Gasteiger partial charge in [-0.25, -0.2) is 0 Å². The van der Waals surface area contributed by atoms with Crippen LogP contribution in [0.3, 0.4) is 0 Å². The summed E-state index contributed by atoms with van der Waals surface area (Å²) in [6.07, 6.45) is 5.64. The van der Waals surface area contributed by atoms with Crippen LogP contribution < -0.4 is 5.32 Å². The van der Waals surface area contributed by atoms with Gasteiger partial charge in [0.2, 0.25) is 5.91 Å². The van der Waals surface area contributed by atoms with Crippen molar-refractivity contribution in [3.8, 4) is 0 Å². The van der Waals surface area contributed by atoms with E-state index in [4.69, 9.17) is 4.74 Å². The van der Waals surface area contributed by atoms with E-state index in [-0.39, 0.29) is 12.0 Å². The summed E-state index contributed by atoms with van der Waals surface area (Å²) in [4.78, 5) is 11.8. The Morgan fingerprint density at radius 2 is 2.00 bits per heavy atom. The van der Waals surface area contributed by atoms with E-state index in [0.29, 0.717) is 12.0 Å². The van der Waals surface area contributed by atoms with Crippen LogP contribution in [0.4, 0.5) is 0 Å². The number of rotatable bonds is 2. The first kappa shape index (κ1) is 9.97. The smallest absolute Gasteiger partial charge is 0.249 e. The maximum atomic E-state index is 11.8. The Morgan fingerprint density at radius 1 is 1.29 bits per heavy atom. The predicted molar refractivity (Wildman–Crippen MR) is 53.9 cm³/mol. The highest BCUT2D eigenvalue weighted by Gasteiger charge is 2.32. The van der Waals surface area contributed by atoms with E-state index in [1.165, 1.54) is 12.8 Å². The molecule has 1 saturated heterocycles. The Morgan fingerprint density at radius 3 is 2.57 bits per heavy atom. The molecule has 3 nitrogen and oxygen atoms in total. The van der Waals surface area contributed by atoms with Crippen LogP contribution in [0.15, 0.2) is 0 Å². The molecule has 1 N–H and O–H groups in total. The highest BCUT2D eigenvalue weighted by molar-refractivity contribution is 5.81. The highest BCUT2D eigenvalue weighted by atomic mass is 16.5. The van der Waals surface area contributed by atoms with E-state index in [0.717, 1.165) is 25.9 Å². The molecular formula is C11H19NO2. The summed E-state index contributed by atoms with van der Waals surface area (Å²) in [6.45, 7) is 2.83. The second-order valence-electron chi connectivity index (χ2n) is 4.55. The molecule has 1 aliphatic heterocycles. The van der Waals surface area contributed by atoms with Gasteiger partial charge in [-0.3, -0.25) is 4.79 Å². The van der Waals surface area contributed by atoms with Gasteiger partial charge in [0.15, 0.2) is 0 Å². The molecule has 0 aromatic rings. The summed E-state index contributed by atoms with van der Waals surface area (Å²) < 4.78 is 5.43. The number of ether oxygens (including phenoxy) is 1. The lowest BCUT2D eigenvalue weighted by Crippen LogP contribution is -2.42. The number of carbonyl (C=O) groups is 1. The van der Waals surface area contributed by atoms with Crippen LogP contribution in [0.2, 0.25) is 0 Å². The monoisotopic (exact) mass is 197 g/mol. The van der Waals surface area contributed by atoms with Gasteiger partial charge in [0.25, 0.3) is 0 Å². The van der Waals surface area contributed by atoms with Gasteiger partial charge < -0.3 is 10.1 Å².